The summed E-state index contributed by atoms with van der Waals surface area (Å²) in [6.45, 7) is 1.44. The van der Waals surface area contributed by atoms with Crippen molar-refractivity contribution in [1.82, 2.24) is 0 Å². The van der Waals surface area contributed by atoms with Crippen LogP contribution < -0.4 is 10.2 Å². The van der Waals surface area contributed by atoms with Crippen molar-refractivity contribution in [3.8, 4) is 5.75 Å². The van der Waals surface area contributed by atoms with Gasteiger partial charge in [0.1, 0.15) is 0 Å². The van der Waals surface area contributed by atoms with E-state index >= 15 is 0 Å². The SMILES string of the molecule is COc1cc(C(C)=O)cccc1=O. The molecule has 0 amide bonds. The van der Waals surface area contributed by atoms with Crippen molar-refractivity contribution >= 4 is 5.78 Å². The normalized spacial score (nSPS) is 9.38. The zero-order valence-corrected chi connectivity index (χ0v) is 7.53. The molecule has 0 fully saturated rings. The Balaban J connectivity index is 3.39. The van der Waals surface area contributed by atoms with E-state index in [-0.39, 0.29) is 17.0 Å². The lowest BCUT2D eigenvalue weighted by atomic mass is 10.2. The average molecular weight is 178 g/mol. The fourth-order valence-electron chi connectivity index (χ4n) is 0.960. The predicted octanol–water partition coefficient (Wildman–Crippen LogP) is 1.26. The lowest BCUT2D eigenvalue weighted by Crippen LogP contribution is -2.00. The van der Waals surface area contributed by atoms with Crippen LogP contribution in [0.25, 0.3) is 0 Å². The van der Waals surface area contributed by atoms with Crippen molar-refractivity contribution in [2.24, 2.45) is 0 Å². The molecule has 0 N–H and O–H groups in total. The van der Waals surface area contributed by atoms with Gasteiger partial charge in [0.05, 0.1) is 7.11 Å². The Hall–Kier alpha value is -1.64. The number of carbonyl (C=O) groups excluding carboxylic acids is 1. The number of ketones is 1. The minimum absolute atomic E-state index is 0.0890. The van der Waals surface area contributed by atoms with Gasteiger partial charge in [-0.25, -0.2) is 0 Å². The first-order chi connectivity index (χ1) is 6.15. The molecule has 0 aliphatic carbocycles. The molecule has 0 heterocycles. The molecule has 3 nitrogen and oxygen atoms in total. The second-order valence-electron chi connectivity index (χ2n) is 2.61. The maximum absolute atomic E-state index is 11.2. The summed E-state index contributed by atoms with van der Waals surface area (Å²) in [5.74, 6) is 0.101. The molecule has 0 bridgehead atoms. The van der Waals surface area contributed by atoms with Crippen LogP contribution in [0.4, 0.5) is 0 Å². The quantitative estimate of drug-likeness (QED) is 0.640. The molecule has 1 rings (SSSR count). The summed E-state index contributed by atoms with van der Waals surface area (Å²) in [6, 6.07) is 5.95. The number of hydrogen-bond donors (Lipinski definition) is 0. The highest BCUT2D eigenvalue weighted by atomic mass is 16.5. The molecule has 0 radical (unpaired) electrons. The highest BCUT2D eigenvalue weighted by Crippen LogP contribution is 2.05. The van der Waals surface area contributed by atoms with Crippen LogP contribution in [-0.4, -0.2) is 12.9 Å². The summed E-state index contributed by atoms with van der Waals surface area (Å²) in [7, 11) is 1.40. The van der Waals surface area contributed by atoms with Gasteiger partial charge >= 0.3 is 0 Å². The van der Waals surface area contributed by atoms with Crippen LogP contribution in [0, 0.1) is 0 Å². The Labute approximate surface area is 76.0 Å². The molecule has 3 heteroatoms. The molecule has 0 saturated heterocycles. The second-order valence-corrected chi connectivity index (χ2v) is 2.61. The molecule has 0 unspecified atom stereocenters. The number of methoxy groups -OCH3 is 1. The standard InChI is InChI=1S/C10H10O3/c1-7(11)8-4-3-5-9(12)10(6-8)13-2/h3-6H,1-2H3. The van der Waals surface area contributed by atoms with Crippen molar-refractivity contribution < 1.29 is 9.53 Å². The van der Waals surface area contributed by atoms with Gasteiger partial charge in [-0.2, -0.15) is 0 Å². The fraction of sp³-hybridized carbons (Fsp3) is 0.200. The van der Waals surface area contributed by atoms with E-state index in [1.165, 1.54) is 26.2 Å². The van der Waals surface area contributed by atoms with Gasteiger partial charge in [0.25, 0.3) is 0 Å². The highest BCUT2D eigenvalue weighted by molar-refractivity contribution is 5.94. The number of rotatable bonds is 2. The maximum atomic E-state index is 11.2. The molecule has 0 aliphatic rings. The second kappa shape index (κ2) is 3.85. The van der Waals surface area contributed by atoms with E-state index in [0.29, 0.717) is 5.56 Å². The Morgan fingerprint density at radius 2 is 2.08 bits per heavy atom. The van der Waals surface area contributed by atoms with Gasteiger partial charge < -0.3 is 4.74 Å². The minimum Gasteiger partial charge on any atom is -0.493 e. The molecule has 0 aliphatic heterocycles. The van der Waals surface area contributed by atoms with Gasteiger partial charge in [0, 0.05) is 5.56 Å². The van der Waals surface area contributed by atoms with Crippen molar-refractivity contribution in [3.63, 3.8) is 0 Å². The number of carbonyl (C=O) groups is 1. The Bertz CT molecular complexity index is 382. The topological polar surface area (TPSA) is 43.4 Å². The Morgan fingerprint density at radius 1 is 1.38 bits per heavy atom. The lowest BCUT2D eigenvalue weighted by Gasteiger charge is -1.93. The molecular weight excluding hydrogens is 168 g/mol. The van der Waals surface area contributed by atoms with Crippen LogP contribution >= 0.6 is 0 Å². The van der Waals surface area contributed by atoms with E-state index in [1.54, 1.807) is 12.1 Å². The van der Waals surface area contributed by atoms with E-state index in [2.05, 4.69) is 0 Å². The maximum Gasteiger partial charge on any atom is 0.220 e. The third-order valence-electron chi connectivity index (χ3n) is 1.68. The fourth-order valence-corrected chi connectivity index (χ4v) is 0.960. The minimum atomic E-state index is -0.227. The van der Waals surface area contributed by atoms with Crippen LogP contribution in [0.15, 0.2) is 29.1 Å². The third kappa shape index (κ3) is 2.15. The molecule has 0 spiro atoms. The lowest BCUT2D eigenvalue weighted by molar-refractivity contribution is 0.101. The molecule has 13 heavy (non-hydrogen) atoms. The van der Waals surface area contributed by atoms with Crippen molar-refractivity contribution in [2.75, 3.05) is 7.11 Å². The van der Waals surface area contributed by atoms with E-state index in [4.69, 9.17) is 4.74 Å². The highest BCUT2D eigenvalue weighted by Gasteiger charge is 2.01. The van der Waals surface area contributed by atoms with Gasteiger partial charge in [-0.05, 0) is 19.1 Å². The summed E-state index contributed by atoms with van der Waals surface area (Å²) < 4.78 is 4.83. The first-order valence-electron chi connectivity index (χ1n) is 3.84. The molecular formula is C10H10O3. The first-order valence-corrected chi connectivity index (χ1v) is 3.84. The van der Waals surface area contributed by atoms with Crippen LogP contribution in [0.1, 0.15) is 17.3 Å². The summed E-state index contributed by atoms with van der Waals surface area (Å²) in [5.41, 5.74) is 0.244. The molecule has 0 atom stereocenters. The average Bonchev–Trinajstić information content (AvgIpc) is 2.27. The van der Waals surface area contributed by atoms with Gasteiger partial charge in [-0.15, -0.1) is 0 Å². The molecule has 1 aromatic rings. The van der Waals surface area contributed by atoms with Crippen LogP contribution in [0.5, 0.6) is 5.75 Å². The van der Waals surface area contributed by atoms with Crippen molar-refractivity contribution in [1.29, 1.82) is 0 Å². The zero-order chi connectivity index (χ0) is 9.84. The van der Waals surface area contributed by atoms with Crippen molar-refractivity contribution in [3.05, 3.63) is 40.1 Å². The molecule has 0 saturated carbocycles. The van der Waals surface area contributed by atoms with Gasteiger partial charge in [-0.3, -0.25) is 9.59 Å². The van der Waals surface area contributed by atoms with Gasteiger partial charge in [0.15, 0.2) is 11.5 Å². The Morgan fingerprint density at radius 3 is 2.62 bits per heavy atom. The van der Waals surface area contributed by atoms with Gasteiger partial charge in [0.2, 0.25) is 5.43 Å². The van der Waals surface area contributed by atoms with Gasteiger partial charge in [-0.1, -0.05) is 12.1 Å². The van der Waals surface area contributed by atoms with Crippen LogP contribution in [-0.2, 0) is 0 Å². The largest absolute Gasteiger partial charge is 0.493 e. The van der Waals surface area contributed by atoms with E-state index in [9.17, 15) is 9.59 Å². The van der Waals surface area contributed by atoms with Crippen LogP contribution in [0.2, 0.25) is 0 Å². The number of hydrogen-bond acceptors (Lipinski definition) is 3. The molecule has 68 valence electrons. The number of Topliss-reactive ketones (excluding diaryl/α,β-unsaturated/α-hetero) is 1. The molecule has 0 aromatic heterocycles. The smallest absolute Gasteiger partial charge is 0.220 e. The summed E-state index contributed by atoms with van der Waals surface area (Å²) >= 11 is 0. The zero-order valence-electron chi connectivity index (χ0n) is 7.53. The first kappa shape index (κ1) is 9.45. The number of ether oxygens (including phenoxy) is 1. The summed E-state index contributed by atoms with van der Waals surface area (Å²) in [5, 5.41) is 0. The Kier molecular flexibility index (Phi) is 2.80. The third-order valence-corrected chi connectivity index (χ3v) is 1.68. The van der Waals surface area contributed by atoms with E-state index < -0.39 is 0 Å². The van der Waals surface area contributed by atoms with E-state index in [1.807, 2.05) is 0 Å². The van der Waals surface area contributed by atoms with E-state index in [0.717, 1.165) is 0 Å². The van der Waals surface area contributed by atoms with Crippen LogP contribution in [0.3, 0.4) is 0 Å². The monoisotopic (exact) mass is 178 g/mol. The van der Waals surface area contributed by atoms with Crippen molar-refractivity contribution in [2.45, 2.75) is 6.92 Å². The summed E-state index contributed by atoms with van der Waals surface area (Å²) in [4.78, 5) is 22.2. The molecule has 1 aromatic carbocycles. The summed E-state index contributed by atoms with van der Waals surface area (Å²) in [6.07, 6.45) is 0. The predicted molar refractivity (Wildman–Crippen MR) is 49.3 cm³/mol.